The molecule has 3 N–H and O–H groups in total. The molecule has 1 unspecified atom stereocenters. The van der Waals surface area contributed by atoms with E-state index < -0.39 is 27.9 Å². The number of carboxylic acids is 1. The van der Waals surface area contributed by atoms with Crippen molar-refractivity contribution in [3.05, 3.63) is 23.3 Å². The maximum atomic E-state index is 12.6. The Balaban J connectivity index is 2.21. The Labute approximate surface area is 153 Å². The van der Waals surface area contributed by atoms with Gasteiger partial charge in [-0.2, -0.15) is 0 Å². The van der Waals surface area contributed by atoms with Crippen LogP contribution in [0.3, 0.4) is 0 Å². The van der Waals surface area contributed by atoms with Gasteiger partial charge in [0.25, 0.3) is 0 Å². The van der Waals surface area contributed by atoms with E-state index in [0.717, 1.165) is 12.8 Å². The molecule has 1 aromatic rings. The minimum atomic E-state index is -3.66. The van der Waals surface area contributed by atoms with Gasteiger partial charge in [-0.3, -0.25) is 4.79 Å². The molecule has 0 radical (unpaired) electrons. The number of hydrogen-bond donors (Lipinski definition) is 3. The number of carbonyl (C=O) groups excluding carboxylic acids is 1. The standard InChI is InChI=1S/C17H25N3O5S/c1-10-5-8-14(18-17(23)20(4)9-11(2)16(21)22)12(3)15(10)26(24,25)19-13-6-7-13/h5,8,11,13,19H,6-7,9H2,1-4H3,(H,18,23)(H,21,22). The van der Waals surface area contributed by atoms with Gasteiger partial charge in [0.15, 0.2) is 0 Å². The lowest BCUT2D eigenvalue weighted by molar-refractivity contribution is -0.141. The smallest absolute Gasteiger partial charge is 0.321 e. The highest BCUT2D eigenvalue weighted by atomic mass is 32.2. The summed E-state index contributed by atoms with van der Waals surface area (Å²) in [5, 5.41) is 11.6. The molecule has 1 aliphatic carbocycles. The van der Waals surface area contributed by atoms with Crippen LogP contribution in [0.4, 0.5) is 10.5 Å². The van der Waals surface area contributed by atoms with Crippen LogP contribution in [-0.2, 0) is 14.8 Å². The molecule has 9 heteroatoms. The Morgan fingerprint density at radius 1 is 1.31 bits per heavy atom. The minimum Gasteiger partial charge on any atom is -0.481 e. The summed E-state index contributed by atoms with van der Waals surface area (Å²) in [6.07, 6.45) is 1.67. The quantitative estimate of drug-likeness (QED) is 0.665. The Kier molecular flexibility index (Phi) is 5.92. The molecule has 0 aliphatic heterocycles. The number of aliphatic carboxylic acids is 1. The number of nitrogens with zero attached hydrogens (tertiary/aromatic N) is 1. The molecular formula is C17H25N3O5S. The van der Waals surface area contributed by atoms with E-state index in [1.165, 1.54) is 18.9 Å². The molecule has 0 bridgehead atoms. The van der Waals surface area contributed by atoms with Gasteiger partial charge >= 0.3 is 12.0 Å². The van der Waals surface area contributed by atoms with Crippen molar-refractivity contribution in [1.29, 1.82) is 0 Å². The summed E-state index contributed by atoms with van der Waals surface area (Å²) in [4.78, 5) is 24.7. The summed E-state index contributed by atoms with van der Waals surface area (Å²) in [7, 11) is -2.17. The van der Waals surface area contributed by atoms with E-state index in [2.05, 4.69) is 10.0 Å². The van der Waals surface area contributed by atoms with Crippen molar-refractivity contribution in [3.8, 4) is 0 Å². The van der Waals surface area contributed by atoms with Crippen LogP contribution in [0.2, 0.25) is 0 Å². The van der Waals surface area contributed by atoms with E-state index in [1.807, 2.05) is 0 Å². The van der Waals surface area contributed by atoms with Crippen LogP contribution >= 0.6 is 0 Å². The van der Waals surface area contributed by atoms with E-state index in [-0.39, 0.29) is 17.5 Å². The molecule has 1 atom stereocenters. The van der Waals surface area contributed by atoms with Crippen LogP contribution in [0.15, 0.2) is 17.0 Å². The molecule has 1 saturated carbocycles. The lowest BCUT2D eigenvalue weighted by atomic mass is 10.1. The fourth-order valence-electron chi connectivity index (χ4n) is 2.64. The third-order valence-corrected chi connectivity index (χ3v) is 6.14. The number of aryl methyl sites for hydroxylation is 1. The topological polar surface area (TPSA) is 116 Å². The van der Waals surface area contributed by atoms with Crippen molar-refractivity contribution in [2.45, 2.75) is 44.6 Å². The summed E-state index contributed by atoms with van der Waals surface area (Å²) in [5.41, 5.74) is 1.43. The summed E-state index contributed by atoms with van der Waals surface area (Å²) < 4.78 is 27.9. The van der Waals surface area contributed by atoms with Crippen LogP contribution < -0.4 is 10.0 Å². The fourth-order valence-corrected chi connectivity index (χ4v) is 4.44. The van der Waals surface area contributed by atoms with Gasteiger partial charge in [0.1, 0.15) is 0 Å². The Morgan fingerprint density at radius 2 is 1.92 bits per heavy atom. The van der Waals surface area contributed by atoms with Crippen molar-refractivity contribution in [2.75, 3.05) is 18.9 Å². The third kappa shape index (κ3) is 4.73. The van der Waals surface area contributed by atoms with Crippen LogP contribution in [0.5, 0.6) is 0 Å². The molecule has 1 aliphatic rings. The molecule has 26 heavy (non-hydrogen) atoms. The largest absolute Gasteiger partial charge is 0.481 e. The number of sulfonamides is 1. The highest BCUT2D eigenvalue weighted by Gasteiger charge is 2.30. The molecule has 0 aromatic heterocycles. The second kappa shape index (κ2) is 7.63. The van der Waals surface area contributed by atoms with E-state index in [9.17, 15) is 18.0 Å². The van der Waals surface area contributed by atoms with Crippen LogP contribution in [-0.4, -0.2) is 50.1 Å². The summed E-state index contributed by atoms with van der Waals surface area (Å²) in [6, 6.07) is 2.78. The summed E-state index contributed by atoms with van der Waals surface area (Å²) >= 11 is 0. The van der Waals surface area contributed by atoms with Crippen LogP contribution in [0.1, 0.15) is 30.9 Å². The molecule has 144 valence electrons. The molecule has 0 heterocycles. The predicted molar refractivity (Wildman–Crippen MR) is 97.7 cm³/mol. The average Bonchev–Trinajstić information content (AvgIpc) is 3.32. The highest BCUT2D eigenvalue weighted by molar-refractivity contribution is 7.89. The first-order valence-corrected chi connectivity index (χ1v) is 9.88. The van der Waals surface area contributed by atoms with Gasteiger partial charge in [0.2, 0.25) is 10.0 Å². The van der Waals surface area contributed by atoms with E-state index >= 15 is 0 Å². The number of urea groups is 1. The molecule has 2 amide bonds. The highest BCUT2D eigenvalue weighted by Crippen LogP contribution is 2.29. The second-order valence-electron chi connectivity index (χ2n) is 6.83. The minimum absolute atomic E-state index is 0.0133. The maximum absolute atomic E-state index is 12.6. The lowest BCUT2D eigenvalue weighted by Gasteiger charge is -2.22. The van der Waals surface area contributed by atoms with Crippen LogP contribution in [0.25, 0.3) is 0 Å². The average molecular weight is 383 g/mol. The van der Waals surface area contributed by atoms with Gasteiger partial charge in [-0.25, -0.2) is 17.9 Å². The Morgan fingerprint density at radius 3 is 2.46 bits per heavy atom. The molecule has 8 nitrogen and oxygen atoms in total. The zero-order valence-corrected chi connectivity index (χ0v) is 16.2. The number of carbonyl (C=O) groups is 2. The lowest BCUT2D eigenvalue weighted by Crippen LogP contribution is -2.37. The first-order chi connectivity index (χ1) is 12.0. The van der Waals surface area contributed by atoms with Crippen molar-refractivity contribution < 1.29 is 23.1 Å². The Bertz CT molecular complexity index is 818. The molecule has 0 spiro atoms. The first-order valence-electron chi connectivity index (χ1n) is 8.40. The Hall–Kier alpha value is -2.13. The van der Waals surface area contributed by atoms with Gasteiger partial charge in [-0.05, 0) is 43.9 Å². The normalized spacial score (nSPS) is 15.4. The predicted octanol–water partition coefficient (Wildman–Crippen LogP) is 1.93. The molecule has 1 aromatic carbocycles. The van der Waals surface area contributed by atoms with Gasteiger partial charge < -0.3 is 15.3 Å². The number of hydrogen-bond acceptors (Lipinski definition) is 4. The van der Waals surface area contributed by atoms with Crippen LogP contribution in [0, 0.1) is 19.8 Å². The number of carboxylic acid groups (broad SMARTS) is 1. The molecular weight excluding hydrogens is 358 g/mol. The SMILES string of the molecule is Cc1ccc(NC(=O)N(C)CC(C)C(=O)O)c(C)c1S(=O)(=O)NC1CC1. The summed E-state index contributed by atoms with van der Waals surface area (Å²) in [6.45, 7) is 4.91. The summed E-state index contributed by atoms with van der Waals surface area (Å²) in [5.74, 6) is -1.70. The van der Waals surface area contributed by atoms with Crippen molar-refractivity contribution in [1.82, 2.24) is 9.62 Å². The van der Waals surface area contributed by atoms with Gasteiger partial charge in [0, 0.05) is 25.3 Å². The number of nitrogens with one attached hydrogen (secondary N) is 2. The van der Waals surface area contributed by atoms with Gasteiger partial charge in [0.05, 0.1) is 10.8 Å². The van der Waals surface area contributed by atoms with Gasteiger partial charge in [-0.15, -0.1) is 0 Å². The second-order valence-corrected chi connectivity index (χ2v) is 8.48. The van der Waals surface area contributed by atoms with E-state index in [1.54, 1.807) is 26.0 Å². The van der Waals surface area contributed by atoms with Crippen molar-refractivity contribution >= 4 is 27.7 Å². The van der Waals surface area contributed by atoms with Crippen molar-refractivity contribution in [2.24, 2.45) is 5.92 Å². The molecule has 2 rings (SSSR count). The zero-order chi connectivity index (χ0) is 19.6. The molecule has 1 fully saturated rings. The van der Waals surface area contributed by atoms with E-state index in [4.69, 9.17) is 5.11 Å². The third-order valence-electron chi connectivity index (χ3n) is 4.33. The van der Waals surface area contributed by atoms with Crippen molar-refractivity contribution in [3.63, 3.8) is 0 Å². The number of rotatable bonds is 7. The number of amides is 2. The fraction of sp³-hybridized carbons (Fsp3) is 0.529. The van der Waals surface area contributed by atoms with Gasteiger partial charge in [-0.1, -0.05) is 13.0 Å². The van der Waals surface area contributed by atoms with E-state index in [0.29, 0.717) is 16.8 Å². The number of anilines is 1. The number of benzene rings is 1. The molecule has 0 saturated heterocycles. The first kappa shape index (κ1) is 20.2. The maximum Gasteiger partial charge on any atom is 0.321 e. The monoisotopic (exact) mass is 383 g/mol. The zero-order valence-electron chi connectivity index (χ0n) is 15.4.